The molecular formula is C13H21N3O3S. The third-order valence-electron chi connectivity index (χ3n) is 3.48. The number of amides is 2. The Morgan fingerprint density at radius 2 is 1.90 bits per heavy atom. The normalized spacial score (nSPS) is 14.4. The lowest BCUT2D eigenvalue weighted by Crippen LogP contribution is -2.48. The molecule has 1 rings (SSSR count). The molecule has 1 heterocycles. The molecule has 0 spiro atoms. The van der Waals surface area contributed by atoms with Crippen LogP contribution in [-0.2, 0) is 16.4 Å². The average Bonchev–Trinajstić information content (AvgIpc) is 2.42. The van der Waals surface area contributed by atoms with Gasteiger partial charge in [0.15, 0.2) is 9.84 Å². The van der Waals surface area contributed by atoms with Gasteiger partial charge in [-0.1, -0.05) is 0 Å². The fourth-order valence-electron chi connectivity index (χ4n) is 1.66. The van der Waals surface area contributed by atoms with Crippen LogP contribution in [0.25, 0.3) is 0 Å². The van der Waals surface area contributed by atoms with Gasteiger partial charge in [-0.05, 0) is 31.5 Å². The van der Waals surface area contributed by atoms with Crippen molar-refractivity contribution in [3.8, 4) is 0 Å². The van der Waals surface area contributed by atoms with Crippen LogP contribution < -0.4 is 5.32 Å². The molecule has 0 aliphatic rings. The molecule has 0 saturated carbocycles. The van der Waals surface area contributed by atoms with E-state index in [-0.39, 0.29) is 6.03 Å². The summed E-state index contributed by atoms with van der Waals surface area (Å²) < 4.78 is 23.0. The number of urea groups is 1. The zero-order valence-corrected chi connectivity index (χ0v) is 13.0. The molecule has 2 atom stereocenters. The first kappa shape index (κ1) is 16.4. The first-order valence-corrected chi connectivity index (χ1v) is 8.27. The second-order valence-electron chi connectivity index (χ2n) is 4.90. The standard InChI is InChI=1S/C13H21N3O3S/c1-10(11(2)20(4,18)19)16(3)13(17)15-9-12-5-7-14-8-6-12/h5-8,10-11H,9H2,1-4H3,(H,15,17)/t10-,11-/m0/s1. The minimum Gasteiger partial charge on any atom is -0.334 e. The second kappa shape index (κ2) is 6.69. The van der Waals surface area contributed by atoms with E-state index in [2.05, 4.69) is 10.3 Å². The van der Waals surface area contributed by atoms with Crippen molar-refractivity contribution >= 4 is 15.9 Å². The van der Waals surface area contributed by atoms with Gasteiger partial charge < -0.3 is 10.2 Å². The molecular weight excluding hydrogens is 278 g/mol. The molecule has 1 N–H and O–H groups in total. The van der Waals surface area contributed by atoms with Crippen molar-refractivity contribution in [1.82, 2.24) is 15.2 Å². The van der Waals surface area contributed by atoms with Gasteiger partial charge in [0.05, 0.1) is 5.25 Å². The summed E-state index contributed by atoms with van der Waals surface area (Å²) in [6.45, 7) is 3.70. The van der Waals surface area contributed by atoms with Gasteiger partial charge in [0, 0.05) is 38.3 Å². The lowest BCUT2D eigenvalue weighted by Gasteiger charge is -2.29. The Morgan fingerprint density at radius 1 is 1.35 bits per heavy atom. The summed E-state index contributed by atoms with van der Waals surface area (Å²) >= 11 is 0. The van der Waals surface area contributed by atoms with Gasteiger partial charge in [0.25, 0.3) is 0 Å². The highest BCUT2D eigenvalue weighted by molar-refractivity contribution is 7.91. The number of pyridine rings is 1. The third kappa shape index (κ3) is 4.48. The van der Waals surface area contributed by atoms with Gasteiger partial charge in [-0.15, -0.1) is 0 Å². The molecule has 0 aromatic carbocycles. The van der Waals surface area contributed by atoms with E-state index in [9.17, 15) is 13.2 Å². The summed E-state index contributed by atoms with van der Waals surface area (Å²) in [5.41, 5.74) is 0.936. The number of nitrogens with one attached hydrogen (secondary N) is 1. The molecule has 0 bridgehead atoms. The van der Waals surface area contributed by atoms with Gasteiger partial charge in [0.2, 0.25) is 0 Å². The fourth-order valence-corrected chi connectivity index (χ4v) is 2.56. The molecule has 0 aliphatic carbocycles. The zero-order valence-electron chi connectivity index (χ0n) is 12.2. The highest BCUT2D eigenvalue weighted by Crippen LogP contribution is 2.10. The van der Waals surface area contributed by atoms with Crippen LogP contribution in [0, 0.1) is 0 Å². The molecule has 7 heteroatoms. The molecule has 0 radical (unpaired) electrons. The lowest BCUT2D eigenvalue weighted by molar-refractivity contribution is 0.193. The summed E-state index contributed by atoms with van der Waals surface area (Å²) in [5, 5.41) is 2.14. The van der Waals surface area contributed by atoms with Crippen LogP contribution in [0.15, 0.2) is 24.5 Å². The van der Waals surface area contributed by atoms with Gasteiger partial charge in [0.1, 0.15) is 0 Å². The molecule has 6 nitrogen and oxygen atoms in total. The Hall–Kier alpha value is -1.63. The van der Waals surface area contributed by atoms with E-state index < -0.39 is 21.1 Å². The van der Waals surface area contributed by atoms with Gasteiger partial charge in [-0.2, -0.15) is 0 Å². The molecule has 0 fully saturated rings. The molecule has 0 unspecified atom stereocenters. The van der Waals surface area contributed by atoms with Crippen LogP contribution in [0.3, 0.4) is 0 Å². The Morgan fingerprint density at radius 3 is 2.40 bits per heavy atom. The van der Waals surface area contributed by atoms with Crippen LogP contribution in [0.1, 0.15) is 19.4 Å². The summed E-state index contributed by atoms with van der Waals surface area (Å²) in [7, 11) is -1.59. The van der Waals surface area contributed by atoms with Crippen molar-refractivity contribution in [2.75, 3.05) is 13.3 Å². The molecule has 2 amide bonds. The SMILES string of the molecule is C[C@@H]([C@H](C)S(C)(=O)=O)N(C)C(=O)NCc1ccncc1. The summed E-state index contributed by atoms with van der Waals surface area (Å²) in [6, 6.07) is 2.92. The molecule has 0 saturated heterocycles. The van der Waals surface area contributed by atoms with Crippen molar-refractivity contribution < 1.29 is 13.2 Å². The molecule has 20 heavy (non-hydrogen) atoms. The Balaban J connectivity index is 2.59. The Kier molecular flexibility index (Phi) is 5.50. The topological polar surface area (TPSA) is 79.4 Å². The average molecular weight is 299 g/mol. The lowest BCUT2D eigenvalue weighted by atomic mass is 10.2. The maximum atomic E-state index is 12.0. The summed E-state index contributed by atoms with van der Waals surface area (Å²) in [4.78, 5) is 17.3. The highest BCUT2D eigenvalue weighted by atomic mass is 32.2. The van der Waals surface area contributed by atoms with E-state index in [0.717, 1.165) is 5.56 Å². The van der Waals surface area contributed by atoms with Crippen LogP contribution in [0.2, 0.25) is 0 Å². The zero-order chi connectivity index (χ0) is 15.3. The number of hydrogen-bond donors (Lipinski definition) is 1. The number of carbonyl (C=O) groups excluding carboxylic acids is 1. The first-order valence-electron chi connectivity index (χ1n) is 6.32. The van der Waals surface area contributed by atoms with Crippen LogP contribution in [-0.4, -0.2) is 48.9 Å². The van der Waals surface area contributed by atoms with E-state index in [1.165, 1.54) is 11.2 Å². The monoisotopic (exact) mass is 299 g/mol. The van der Waals surface area contributed by atoms with Crippen molar-refractivity contribution in [3.63, 3.8) is 0 Å². The Bertz CT molecular complexity index is 545. The fraction of sp³-hybridized carbons (Fsp3) is 0.538. The number of nitrogens with zero attached hydrogens (tertiary/aromatic N) is 2. The number of sulfone groups is 1. The van der Waals surface area contributed by atoms with E-state index >= 15 is 0 Å². The van der Waals surface area contributed by atoms with Crippen molar-refractivity contribution in [2.24, 2.45) is 0 Å². The van der Waals surface area contributed by atoms with Crippen molar-refractivity contribution in [2.45, 2.75) is 31.7 Å². The van der Waals surface area contributed by atoms with Crippen LogP contribution in [0.5, 0.6) is 0 Å². The minimum absolute atomic E-state index is 0.301. The number of aromatic nitrogens is 1. The maximum Gasteiger partial charge on any atom is 0.317 e. The van der Waals surface area contributed by atoms with Gasteiger partial charge >= 0.3 is 6.03 Å². The van der Waals surface area contributed by atoms with Crippen LogP contribution >= 0.6 is 0 Å². The highest BCUT2D eigenvalue weighted by Gasteiger charge is 2.27. The second-order valence-corrected chi connectivity index (χ2v) is 7.30. The van der Waals surface area contributed by atoms with E-state index in [1.54, 1.807) is 33.3 Å². The van der Waals surface area contributed by atoms with Gasteiger partial charge in [-0.25, -0.2) is 13.2 Å². The number of hydrogen-bond acceptors (Lipinski definition) is 4. The van der Waals surface area contributed by atoms with Crippen molar-refractivity contribution in [1.29, 1.82) is 0 Å². The smallest absolute Gasteiger partial charge is 0.317 e. The summed E-state index contributed by atoms with van der Waals surface area (Å²) in [5.74, 6) is 0. The molecule has 0 aliphatic heterocycles. The minimum atomic E-state index is -3.18. The van der Waals surface area contributed by atoms with E-state index in [4.69, 9.17) is 0 Å². The predicted octanol–water partition coefficient (Wildman–Crippen LogP) is 1.04. The number of carbonyl (C=O) groups is 1. The summed E-state index contributed by atoms with van der Waals surface area (Å²) in [6.07, 6.45) is 4.48. The predicted molar refractivity (Wildman–Crippen MR) is 78.0 cm³/mol. The number of rotatable bonds is 5. The molecule has 1 aromatic rings. The van der Waals surface area contributed by atoms with E-state index in [1.807, 2.05) is 12.1 Å². The quantitative estimate of drug-likeness (QED) is 0.881. The molecule has 112 valence electrons. The maximum absolute atomic E-state index is 12.0. The van der Waals surface area contributed by atoms with Crippen molar-refractivity contribution in [3.05, 3.63) is 30.1 Å². The third-order valence-corrected chi connectivity index (χ3v) is 5.22. The molecule has 1 aromatic heterocycles. The van der Waals surface area contributed by atoms with E-state index in [0.29, 0.717) is 6.54 Å². The van der Waals surface area contributed by atoms with Gasteiger partial charge in [-0.3, -0.25) is 4.98 Å². The first-order chi connectivity index (χ1) is 9.23. The largest absolute Gasteiger partial charge is 0.334 e. The Labute approximate surface area is 120 Å². The van der Waals surface area contributed by atoms with Crippen LogP contribution in [0.4, 0.5) is 4.79 Å².